The number of hydrogen-bond donors (Lipinski definition) is 2. The van der Waals surface area contributed by atoms with Crippen molar-refractivity contribution in [1.82, 2.24) is 15.3 Å². The van der Waals surface area contributed by atoms with Crippen molar-refractivity contribution in [2.24, 2.45) is 0 Å². The van der Waals surface area contributed by atoms with E-state index in [-0.39, 0.29) is 5.75 Å². The van der Waals surface area contributed by atoms with E-state index in [1.54, 1.807) is 0 Å². The van der Waals surface area contributed by atoms with E-state index in [0.717, 1.165) is 33.5 Å². The van der Waals surface area contributed by atoms with Gasteiger partial charge in [-0.2, -0.15) is 0 Å². The van der Waals surface area contributed by atoms with E-state index >= 15 is 0 Å². The van der Waals surface area contributed by atoms with Crippen LogP contribution in [0.25, 0.3) is 22.2 Å². The third-order valence-corrected chi connectivity index (χ3v) is 6.32. The molecule has 2 aromatic heterocycles. The molecule has 0 saturated heterocycles. The molecule has 7 nitrogen and oxygen atoms in total. The predicted octanol–water partition coefficient (Wildman–Crippen LogP) is 4.73. The summed E-state index contributed by atoms with van der Waals surface area (Å²) in [6.45, 7) is 2.78. The number of nitrogens with one attached hydrogen (secondary N) is 2. The number of nitrogens with zero attached hydrogens (tertiary/aromatic N) is 2. The monoisotopic (exact) mass is 470 g/mol. The van der Waals surface area contributed by atoms with E-state index in [4.69, 9.17) is 16.0 Å². The molecule has 0 fully saturated rings. The zero-order valence-electron chi connectivity index (χ0n) is 17.7. The number of halogens is 1. The van der Waals surface area contributed by atoms with E-state index in [1.165, 1.54) is 12.6 Å². The molecule has 0 bridgehead atoms. The van der Waals surface area contributed by atoms with Crippen molar-refractivity contribution in [3.8, 4) is 11.3 Å². The van der Waals surface area contributed by atoms with Crippen LogP contribution in [0.4, 0.5) is 11.5 Å². The van der Waals surface area contributed by atoms with E-state index < -0.39 is 9.84 Å². The van der Waals surface area contributed by atoms with E-state index in [1.807, 2.05) is 55.5 Å². The Morgan fingerprint density at radius 3 is 2.69 bits per heavy atom. The predicted molar refractivity (Wildman–Crippen MR) is 128 cm³/mol. The summed E-state index contributed by atoms with van der Waals surface area (Å²) in [5, 5.41) is 7.94. The molecule has 4 aromatic rings. The van der Waals surface area contributed by atoms with Crippen LogP contribution in [0.2, 0.25) is 5.02 Å². The topological polar surface area (TPSA) is 97.1 Å². The zero-order valence-corrected chi connectivity index (χ0v) is 19.3. The van der Waals surface area contributed by atoms with Gasteiger partial charge in [0.15, 0.2) is 0 Å². The summed E-state index contributed by atoms with van der Waals surface area (Å²) in [7, 11) is -2.99. The largest absolute Gasteiger partial charge is 0.460 e. The highest BCUT2D eigenvalue weighted by atomic mass is 35.5. The van der Waals surface area contributed by atoms with Crippen molar-refractivity contribution in [3.63, 3.8) is 0 Å². The van der Waals surface area contributed by atoms with Gasteiger partial charge in [-0.05, 0) is 55.0 Å². The lowest BCUT2D eigenvalue weighted by Crippen LogP contribution is -2.21. The molecule has 2 aromatic carbocycles. The average molecular weight is 471 g/mol. The number of aromatic nitrogens is 2. The van der Waals surface area contributed by atoms with Gasteiger partial charge < -0.3 is 15.1 Å². The van der Waals surface area contributed by atoms with Crippen molar-refractivity contribution in [2.45, 2.75) is 13.5 Å². The number of anilines is 2. The lowest BCUT2D eigenvalue weighted by atomic mass is 10.1. The number of benzene rings is 2. The Morgan fingerprint density at radius 2 is 1.91 bits per heavy atom. The van der Waals surface area contributed by atoms with Gasteiger partial charge in [0.1, 0.15) is 33.5 Å². The number of rotatable bonds is 8. The first-order valence-corrected chi connectivity index (χ1v) is 12.5. The second-order valence-corrected chi connectivity index (χ2v) is 10.3. The van der Waals surface area contributed by atoms with Gasteiger partial charge in [0.25, 0.3) is 0 Å². The lowest BCUT2D eigenvalue weighted by Gasteiger charge is -2.10. The molecule has 0 aliphatic carbocycles. The maximum atomic E-state index is 11.2. The van der Waals surface area contributed by atoms with Gasteiger partial charge in [-0.1, -0.05) is 17.7 Å². The van der Waals surface area contributed by atoms with Gasteiger partial charge in [0.2, 0.25) is 0 Å². The molecule has 4 rings (SSSR count). The minimum Gasteiger partial charge on any atom is -0.460 e. The van der Waals surface area contributed by atoms with Gasteiger partial charge >= 0.3 is 0 Å². The Kier molecular flexibility index (Phi) is 6.45. The van der Waals surface area contributed by atoms with E-state index in [9.17, 15) is 8.42 Å². The highest BCUT2D eigenvalue weighted by Crippen LogP contribution is 2.30. The second-order valence-electron chi connectivity index (χ2n) is 7.62. The Hall–Kier alpha value is -2.94. The summed E-state index contributed by atoms with van der Waals surface area (Å²) < 4.78 is 28.4. The van der Waals surface area contributed by atoms with Crippen LogP contribution in [0.1, 0.15) is 11.3 Å². The number of aryl methyl sites for hydroxylation is 1. The van der Waals surface area contributed by atoms with Crippen molar-refractivity contribution < 1.29 is 12.8 Å². The van der Waals surface area contributed by atoms with Crippen LogP contribution in [-0.4, -0.2) is 36.9 Å². The molecule has 166 valence electrons. The third-order valence-electron chi connectivity index (χ3n) is 4.96. The Balaban J connectivity index is 1.55. The molecule has 0 aliphatic heterocycles. The fourth-order valence-corrected chi connectivity index (χ4v) is 3.91. The molecule has 0 amide bonds. The van der Waals surface area contributed by atoms with Crippen LogP contribution in [0.5, 0.6) is 0 Å². The highest BCUT2D eigenvalue weighted by molar-refractivity contribution is 7.90. The summed E-state index contributed by atoms with van der Waals surface area (Å²) in [5.41, 5.74) is 3.54. The molecule has 0 spiro atoms. The number of sulfone groups is 1. The Bertz CT molecular complexity index is 1370. The van der Waals surface area contributed by atoms with Gasteiger partial charge in [-0.25, -0.2) is 18.4 Å². The fourth-order valence-electron chi connectivity index (χ4n) is 3.21. The zero-order chi connectivity index (χ0) is 22.7. The third kappa shape index (κ3) is 5.45. The summed E-state index contributed by atoms with van der Waals surface area (Å²) in [6.07, 6.45) is 2.74. The van der Waals surface area contributed by atoms with Crippen molar-refractivity contribution in [2.75, 3.05) is 23.9 Å². The molecular formula is C23H23ClN4O3S. The first-order valence-electron chi connectivity index (χ1n) is 10.0. The average Bonchev–Trinajstić information content (AvgIpc) is 3.22. The first-order chi connectivity index (χ1) is 15.3. The maximum Gasteiger partial charge on any atom is 0.148 e. The van der Waals surface area contributed by atoms with Crippen molar-refractivity contribution in [3.05, 3.63) is 71.2 Å². The number of hydrogen-bond acceptors (Lipinski definition) is 7. The number of furan rings is 1. The molecule has 0 saturated carbocycles. The SMILES string of the molecule is Cc1ccc(Nc2ncnc3ccc(-c4ccc(CNCCS(C)(=O)=O)o4)cc23)cc1Cl. The van der Waals surface area contributed by atoms with Crippen LogP contribution >= 0.6 is 11.6 Å². The van der Waals surface area contributed by atoms with Crippen LogP contribution in [0.15, 0.2) is 59.3 Å². The van der Waals surface area contributed by atoms with Crippen molar-refractivity contribution >= 4 is 43.8 Å². The molecule has 9 heteroatoms. The van der Waals surface area contributed by atoms with Crippen LogP contribution in [0.3, 0.4) is 0 Å². The second kappa shape index (κ2) is 9.28. The molecule has 2 heterocycles. The van der Waals surface area contributed by atoms with Crippen LogP contribution < -0.4 is 10.6 Å². The lowest BCUT2D eigenvalue weighted by molar-refractivity contribution is 0.498. The summed E-state index contributed by atoms with van der Waals surface area (Å²) in [6, 6.07) is 15.4. The molecule has 0 radical (unpaired) electrons. The standard InChI is InChI=1S/C23H23ClN4O3S/c1-15-3-5-17(12-20(15)24)28-23-19-11-16(4-7-21(19)26-14-27-23)22-8-6-18(31-22)13-25-9-10-32(2,29)30/h3-8,11-12,14,25H,9-10,13H2,1-2H3,(H,26,27,28). The van der Waals surface area contributed by atoms with Gasteiger partial charge in [-0.3, -0.25) is 0 Å². The van der Waals surface area contributed by atoms with Crippen LogP contribution in [-0.2, 0) is 16.4 Å². The van der Waals surface area contributed by atoms with Gasteiger partial charge in [0, 0.05) is 34.5 Å². The van der Waals surface area contributed by atoms with Gasteiger partial charge in [0.05, 0.1) is 17.8 Å². The highest BCUT2D eigenvalue weighted by Gasteiger charge is 2.10. The van der Waals surface area contributed by atoms with E-state index in [2.05, 4.69) is 20.6 Å². The molecule has 0 unspecified atom stereocenters. The Labute approximate surface area is 191 Å². The molecule has 0 atom stereocenters. The van der Waals surface area contributed by atoms with E-state index in [0.29, 0.717) is 29.7 Å². The molecule has 0 aliphatic rings. The maximum absolute atomic E-state index is 11.2. The number of fused-ring (bicyclic) bond motifs is 1. The molecular weight excluding hydrogens is 448 g/mol. The quantitative estimate of drug-likeness (QED) is 0.359. The molecule has 32 heavy (non-hydrogen) atoms. The fraction of sp³-hybridized carbons (Fsp3) is 0.217. The van der Waals surface area contributed by atoms with Gasteiger partial charge in [-0.15, -0.1) is 0 Å². The summed E-state index contributed by atoms with van der Waals surface area (Å²) in [4.78, 5) is 8.77. The molecule has 2 N–H and O–H groups in total. The minimum absolute atomic E-state index is 0.0905. The summed E-state index contributed by atoms with van der Waals surface area (Å²) in [5.74, 6) is 2.20. The first kappa shape index (κ1) is 22.3. The summed E-state index contributed by atoms with van der Waals surface area (Å²) >= 11 is 6.25. The normalized spacial score (nSPS) is 11.7. The smallest absolute Gasteiger partial charge is 0.148 e. The van der Waals surface area contributed by atoms with Crippen LogP contribution in [0, 0.1) is 6.92 Å². The minimum atomic E-state index is -2.99. The van der Waals surface area contributed by atoms with Crippen molar-refractivity contribution in [1.29, 1.82) is 0 Å². The Morgan fingerprint density at radius 1 is 1.06 bits per heavy atom.